The SMILES string of the molecule is CCCCc1ccc(-n2c(SCC(=O)NC(C)(C)C)nc3ccccc3c2=O)cc1. The highest BCUT2D eigenvalue weighted by Crippen LogP contribution is 2.22. The van der Waals surface area contributed by atoms with E-state index in [2.05, 4.69) is 24.4 Å². The van der Waals surface area contributed by atoms with Crippen LogP contribution < -0.4 is 10.9 Å². The molecule has 1 heterocycles. The topological polar surface area (TPSA) is 64.0 Å². The van der Waals surface area contributed by atoms with Crippen molar-refractivity contribution in [3.63, 3.8) is 0 Å². The quantitative estimate of drug-likeness (QED) is 0.441. The van der Waals surface area contributed by atoms with Crippen molar-refractivity contribution in [3.05, 3.63) is 64.4 Å². The third-order valence-electron chi connectivity index (χ3n) is 4.61. The number of amides is 1. The predicted molar refractivity (Wildman–Crippen MR) is 125 cm³/mol. The lowest BCUT2D eigenvalue weighted by Crippen LogP contribution is -2.41. The van der Waals surface area contributed by atoms with E-state index in [-0.39, 0.29) is 22.8 Å². The third kappa shape index (κ3) is 5.51. The molecule has 3 aromatic rings. The maximum absolute atomic E-state index is 13.3. The van der Waals surface area contributed by atoms with Gasteiger partial charge in [0, 0.05) is 5.54 Å². The number of rotatable bonds is 7. The molecule has 0 saturated heterocycles. The summed E-state index contributed by atoms with van der Waals surface area (Å²) in [5.41, 5.74) is 2.22. The molecule has 0 aliphatic heterocycles. The lowest BCUT2D eigenvalue weighted by atomic mass is 10.1. The summed E-state index contributed by atoms with van der Waals surface area (Å²) in [6.45, 7) is 8.01. The van der Waals surface area contributed by atoms with E-state index in [1.807, 2.05) is 51.1 Å². The molecule has 3 rings (SSSR count). The smallest absolute Gasteiger partial charge is 0.266 e. The van der Waals surface area contributed by atoms with Gasteiger partial charge in [0.15, 0.2) is 5.16 Å². The Morgan fingerprint density at radius 1 is 1.10 bits per heavy atom. The van der Waals surface area contributed by atoms with Gasteiger partial charge < -0.3 is 5.32 Å². The first-order chi connectivity index (χ1) is 14.3. The molecule has 1 aromatic heterocycles. The second kappa shape index (κ2) is 9.47. The molecular formula is C24H29N3O2S. The number of unbranched alkanes of at least 4 members (excludes halogenated alkanes) is 1. The number of aryl methyl sites for hydroxylation is 1. The summed E-state index contributed by atoms with van der Waals surface area (Å²) in [5, 5.41) is 4.04. The molecule has 0 fully saturated rings. The predicted octanol–water partition coefficient (Wildman–Crippen LogP) is 4.74. The van der Waals surface area contributed by atoms with E-state index >= 15 is 0 Å². The van der Waals surface area contributed by atoms with Gasteiger partial charge in [0.2, 0.25) is 5.91 Å². The van der Waals surface area contributed by atoms with Crippen LogP contribution in [-0.2, 0) is 11.2 Å². The molecule has 0 bridgehead atoms. The van der Waals surface area contributed by atoms with Crippen LogP contribution in [0.15, 0.2) is 58.5 Å². The summed E-state index contributed by atoms with van der Waals surface area (Å²) in [5.74, 6) is 0.104. The van der Waals surface area contributed by atoms with Crippen LogP contribution in [0.2, 0.25) is 0 Å². The summed E-state index contributed by atoms with van der Waals surface area (Å²) < 4.78 is 1.61. The highest BCUT2D eigenvalue weighted by molar-refractivity contribution is 7.99. The van der Waals surface area contributed by atoms with E-state index in [1.165, 1.54) is 17.3 Å². The van der Waals surface area contributed by atoms with Crippen LogP contribution in [0.3, 0.4) is 0 Å². The Morgan fingerprint density at radius 3 is 2.47 bits per heavy atom. The van der Waals surface area contributed by atoms with Gasteiger partial charge in [0.05, 0.1) is 22.3 Å². The minimum absolute atomic E-state index is 0.0867. The standard InChI is InChI=1S/C24H29N3O2S/c1-5-6-9-17-12-14-18(15-13-17)27-22(29)19-10-7-8-11-20(19)25-23(27)30-16-21(28)26-24(2,3)4/h7-8,10-15H,5-6,9,16H2,1-4H3,(H,26,28). The zero-order valence-electron chi connectivity index (χ0n) is 18.1. The fourth-order valence-electron chi connectivity index (χ4n) is 3.21. The van der Waals surface area contributed by atoms with E-state index < -0.39 is 0 Å². The lowest BCUT2D eigenvalue weighted by molar-refractivity contribution is -0.119. The number of fused-ring (bicyclic) bond motifs is 1. The van der Waals surface area contributed by atoms with Gasteiger partial charge in [-0.2, -0.15) is 0 Å². The van der Waals surface area contributed by atoms with Gasteiger partial charge in [-0.15, -0.1) is 0 Å². The first kappa shape index (κ1) is 22.1. The third-order valence-corrected chi connectivity index (χ3v) is 5.54. The number of aromatic nitrogens is 2. The molecule has 0 unspecified atom stereocenters. The van der Waals surface area contributed by atoms with E-state index in [0.717, 1.165) is 24.9 Å². The summed E-state index contributed by atoms with van der Waals surface area (Å²) in [4.78, 5) is 30.3. The molecule has 2 aromatic carbocycles. The Labute approximate surface area is 181 Å². The van der Waals surface area contributed by atoms with Crippen molar-refractivity contribution >= 4 is 28.6 Å². The first-order valence-electron chi connectivity index (χ1n) is 10.3. The number of para-hydroxylation sites is 1. The molecule has 0 radical (unpaired) electrons. The highest BCUT2D eigenvalue weighted by atomic mass is 32.2. The summed E-state index contributed by atoms with van der Waals surface area (Å²) in [6.07, 6.45) is 3.31. The van der Waals surface area contributed by atoms with Gasteiger partial charge in [0.1, 0.15) is 0 Å². The number of thioether (sulfide) groups is 1. The number of benzene rings is 2. The molecule has 0 spiro atoms. The molecule has 158 valence electrons. The van der Waals surface area contributed by atoms with Crippen molar-refractivity contribution in [2.45, 2.75) is 57.7 Å². The molecule has 0 saturated carbocycles. The van der Waals surface area contributed by atoms with Crippen LogP contribution in [0.1, 0.15) is 46.1 Å². The van der Waals surface area contributed by atoms with Crippen LogP contribution in [-0.4, -0.2) is 26.8 Å². The molecule has 0 atom stereocenters. The number of carbonyl (C=O) groups excluding carboxylic acids is 1. The summed E-state index contributed by atoms with van der Waals surface area (Å²) >= 11 is 1.28. The number of nitrogens with zero attached hydrogens (tertiary/aromatic N) is 2. The number of nitrogens with one attached hydrogen (secondary N) is 1. The molecule has 5 nitrogen and oxygen atoms in total. The van der Waals surface area contributed by atoms with Gasteiger partial charge in [0.25, 0.3) is 5.56 Å². The Hall–Kier alpha value is -2.60. The second-order valence-electron chi connectivity index (χ2n) is 8.41. The van der Waals surface area contributed by atoms with Crippen molar-refractivity contribution in [2.75, 3.05) is 5.75 Å². The Bertz CT molecular complexity index is 1080. The van der Waals surface area contributed by atoms with Crippen LogP contribution in [0.25, 0.3) is 16.6 Å². The maximum Gasteiger partial charge on any atom is 0.266 e. The largest absolute Gasteiger partial charge is 0.351 e. The van der Waals surface area contributed by atoms with E-state index in [1.54, 1.807) is 10.6 Å². The lowest BCUT2D eigenvalue weighted by Gasteiger charge is -2.20. The van der Waals surface area contributed by atoms with E-state index in [4.69, 9.17) is 4.98 Å². The fraction of sp³-hybridized carbons (Fsp3) is 0.375. The Kier molecular flexibility index (Phi) is 6.98. The van der Waals surface area contributed by atoms with Crippen molar-refractivity contribution in [2.24, 2.45) is 0 Å². The number of carbonyl (C=O) groups is 1. The number of hydrogen-bond acceptors (Lipinski definition) is 4. The van der Waals surface area contributed by atoms with Gasteiger partial charge in [-0.25, -0.2) is 4.98 Å². The average Bonchev–Trinajstić information content (AvgIpc) is 2.70. The van der Waals surface area contributed by atoms with Gasteiger partial charge >= 0.3 is 0 Å². The van der Waals surface area contributed by atoms with Crippen molar-refractivity contribution in [1.82, 2.24) is 14.9 Å². The molecule has 1 amide bonds. The van der Waals surface area contributed by atoms with Crippen LogP contribution >= 0.6 is 11.8 Å². The molecule has 0 aliphatic carbocycles. The zero-order valence-corrected chi connectivity index (χ0v) is 18.9. The molecule has 6 heteroatoms. The van der Waals surface area contributed by atoms with Crippen LogP contribution in [0.4, 0.5) is 0 Å². The zero-order chi connectivity index (χ0) is 21.7. The van der Waals surface area contributed by atoms with Crippen molar-refractivity contribution in [3.8, 4) is 5.69 Å². The van der Waals surface area contributed by atoms with Gasteiger partial charge in [-0.1, -0.05) is 49.4 Å². The molecule has 0 aliphatic rings. The van der Waals surface area contributed by atoms with Crippen LogP contribution in [0, 0.1) is 0 Å². The monoisotopic (exact) mass is 423 g/mol. The fourth-order valence-corrected chi connectivity index (χ4v) is 4.03. The minimum Gasteiger partial charge on any atom is -0.351 e. The minimum atomic E-state index is -0.303. The van der Waals surface area contributed by atoms with Crippen molar-refractivity contribution < 1.29 is 4.79 Å². The molecular weight excluding hydrogens is 394 g/mol. The maximum atomic E-state index is 13.3. The normalized spacial score (nSPS) is 11.6. The first-order valence-corrected chi connectivity index (χ1v) is 11.3. The van der Waals surface area contributed by atoms with E-state index in [9.17, 15) is 9.59 Å². The second-order valence-corrected chi connectivity index (χ2v) is 9.35. The van der Waals surface area contributed by atoms with Gasteiger partial charge in [-0.05, 0) is 63.4 Å². The number of hydrogen-bond donors (Lipinski definition) is 1. The summed E-state index contributed by atoms with van der Waals surface area (Å²) in [7, 11) is 0. The molecule has 1 N–H and O–H groups in total. The Balaban J connectivity index is 1.98. The summed E-state index contributed by atoms with van der Waals surface area (Å²) in [6, 6.07) is 15.4. The Morgan fingerprint density at radius 2 is 1.80 bits per heavy atom. The van der Waals surface area contributed by atoms with Crippen LogP contribution in [0.5, 0.6) is 0 Å². The average molecular weight is 424 g/mol. The van der Waals surface area contributed by atoms with Gasteiger partial charge in [-0.3, -0.25) is 14.2 Å². The molecule has 30 heavy (non-hydrogen) atoms. The van der Waals surface area contributed by atoms with Crippen molar-refractivity contribution in [1.29, 1.82) is 0 Å². The van der Waals surface area contributed by atoms with E-state index in [0.29, 0.717) is 16.1 Å². The highest BCUT2D eigenvalue weighted by Gasteiger charge is 2.17.